The van der Waals surface area contributed by atoms with Gasteiger partial charge in [-0.25, -0.2) is 4.79 Å². The lowest BCUT2D eigenvalue weighted by molar-refractivity contribution is -0.205. The Labute approximate surface area is 95.4 Å². The number of alkyl halides is 3. The zero-order valence-electron chi connectivity index (χ0n) is 8.70. The molecule has 6 heteroatoms. The Morgan fingerprint density at radius 3 is 2.65 bits per heavy atom. The van der Waals surface area contributed by atoms with Crippen molar-refractivity contribution in [2.45, 2.75) is 24.7 Å². The van der Waals surface area contributed by atoms with E-state index in [0.717, 1.165) is 5.56 Å². The summed E-state index contributed by atoms with van der Waals surface area (Å²) in [5.41, 5.74) is 7.05. The van der Waals surface area contributed by atoms with E-state index >= 15 is 0 Å². The molecule has 0 aliphatic heterocycles. The van der Waals surface area contributed by atoms with Crippen molar-refractivity contribution in [2.75, 3.05) is 0 Å². The van der Waals surface area contributed by atoms with Gasteiger partial charge >= 0.3 is 12.1 Å². The van der Waals surface area contributed by atoms with Gasteiger partial charge in [-0.3, -0.25) is 0 Å². The van der Waals surface area contributed by atoms with E-state index in [1.54, 1.807) is 24.3 Å². The SMILES string of the molecule is NC1Cc2ccccc2C1OC(=O)C(F)(F)F. The molecule has 92 valence electrons. The van der Waals surface area contributed by atoms with Crippen LogP contribution in [0.5, 0.6) is 0 Å². The number of halogens is 3. The third kappa shape index (κ3) is 2.26. The van der Waals surface area contributed by atoms with Crippen LogP contribution >= 0.6 is 0 Å². The molecule has 0 spiro atoms. The van der Waals surface area contributed by atoms with E-state index in [1.165, 1.54) is 0 Å². The van der Waals surface area contributed by atoms with Crippen molar-refractivity contribution >= 4 is 5.97 Å². The maximum Gasteiger partial charge on any atom is 0.490 e. The van der Waals surface area contributed by atoms with Crippen molar-refractivity contribution in [1.82, 2.24) is 0 Å². The standard InChI is InChI=1S/C11H10F3NO2/c12-11(13,14)10(16)17-9-7-4-2-1-3-6(7)5-8(9)15/h1-4,8-9H,5,15H2. The van der Waals surface area contributed by atoms with Gasteiger partial charge in [-0.05, 0) is 17.5 Å². The van der Waals surface area contributed by atoms with Crippen molar-refractivity contribution < 1.29 is 22.7 Å². The Bertz CT molecular complexity index is 445. The number of carbonyl (C=O) groups is 1. The monoisotopic (exact) mass is 245 g/mol. The predicted molar refractivity (Wildman–Crippen MR) is 53.0 cm³/mol. The molecule has 0 aromatic heterocycles. The molecule has 0 radical (unpaired) electrons. The molecule has 2 N–H and O–H groups in total. The lowest BCUT2D eigenvalue weighted by atomic mass is 10.1. The van der Waals surface area contributed by atoms with E-state index in [1.807, 2.05) is 0 Å². The molecule has 0 bridgehead atoms. The molecule has 0 heterocycles. The van der Waals surface area contributed by atoms with E-state index in [9.17, 15) is 18.0 Å². The average molecular weight is 245 g/mol. The Balaban J connectivity index is 2.20. The van der Waals surface area contributed by atoms with Crippen LogP contribution in [-0.2, 0) is 16.0 Å². The first-order valence-corrected chi connectivity index (χ1v) is 5.01. The number of nitrogens with two attached hydrogens (primary N) is 1. The number of fused-ring (bicyclic) bond motifs is 1. The largest absolute Gasteiger partial charge is 0.490 e. The van der Waals surface area contributed by atoms with Crippen LogP contribution in [0.1, 0.15) is 17.2 Å². The van der Waals surface area contributed by atoms with Gasteiger partial charge in [0.05, 0.1) is 6.04 Å². The second-order valence-corrected chi connectivity index (χ2v) is 3.89. The molecule has 1 aliphatic carbocycles. The first-order chi connectivity index (χ1) is 7.89. The zero-order chi connectivity index (χ0) is 12.6. The number of carbonyl (C=O) groups excluding carboxylic acids is 1. The summed E-state index contributed by atoms with van der Waals surface area (Å²) in [6.45, 7) is 0. The van der Waals surface area contributed by atoms with Crippen molar-refractivity contribution in [3.63, 3.8) is 0 Å². The van der Waals surface area contributed by atoms with Gasteiger partial charge in [0.15, 0.2) is 0 Å². The Hall–Kier alpha value is -1.56. The molecule has 0 saturated heterocycles. The van der Waals surface area contributed by atoms with Gasteiger partial charge < -0.3 is 10.5 Å². The fourth-order valence-electron chi connectivity index (χ4n) is 1.92. The third-order valence-corrected chi connectivity index (χ3v) is 2.67. The molecule has 0 amide bonds. The fraction of sp³-hybridized carbons (Fsp3) is 0.364. The molecular weight excluding hydrogens is 235 g/mol. The highest BCUT2D eigenvalue weighted by atomic mass is 19.4. The summed E-state index contributed by atoms with van der Waals surface area (Å²) in [4.78, 5) is 10.8. The minimum atomic E-state index is -4.99. The molecule has 0 fully saturated rings. The molecule has 3 nitrogen and oxygen atoms in total. The highest BCUT2D eigenvalue weighted by Gasteiger charge is 2.44. The van der Waals surface area contributed by atoms with E-state index in [0.29, 0.717) is 12.0 Å². The van der Waals surface area contributed by atoms with Crippen LogP contribution in [0.25, 0.3) is 0 Å². The minimum absolute atomic E-state index is 0.409. The van der Waals surface area contributed by atoms with Crippen LogP contribution in [0.4, 0.5) is 13.2 Å². The van der Waals surface area contributed by atoms with Crippen molar-refractivity contribution in [1.29, 1.82) is 0 Å². The van der Waals surface area contributed by atoms with Gasteiger partial charge in [-0.15, -0.1) is 0 Å². The van der Waals surface area contributed by atoms with Gasteiger partial charge in [-0.2, -0.15) is 13.2 Å². The summed E-state index contributed by atoms with van der Waals surface area (Å²) in [6.07, 6.45) is -5.59. The maximum absolute atomic E-state index is 12.1. The summed E-state index contributed by atoms with van der Waals surface area (Å²) in [5, 5.41) is 0. The second kappa shape index (κ2) is 4.03. The molecule has 2 unspecified atom stereocenters. The van der Waals surface area contributed by atoms with E-state index in [2.05, 4.69) is 4.74 Å². The number of rotatable bonds is 1. The lowest BCUT2D eigenvalue weighted by Crippen LogP contribution is -2.33. The van der Waals surface area contributed by atoms with E-state index in [4.69, 9.17) is 5.73 Å². The van der Waals surface area contributed by atoms with Crippen LogP contribution in [0, 0.1) is 0 Å². The Morgan fingerprint density at radius 1 is 1.35 bits per heavy atom. The predicted octanol–water partition coefficient (Wildman–Crippen LogP) is 1.72. The van der Waals surface area contributed by atoms with Crippen molar-refractivity contribution in [3.8, 4) is 0 Å². The number of hydrogen-bond acceptors (Lipinski definition) is 3. The summed E-state index contributed by atoms with van der Waals surface area (Å²) in [5.74, 6) is -2.20. The molecule has 2 atom stereocenters. The van der Waals surface area contributed by atoms with Gasteiger partial charge in [0.25, 0.3) is 0 Å². The highest BCUT2D eigenvalue weighted by Crippen LogP contribution is 2.34. The van der Waals surface area contributed by atoms with E-state index in [-0.39, 0.29) is 0 Å². The van der Waals surface area contributed by atoms with Gasteiger partial charge in [0.2, 0.25) is 0 Å². The van der Waals surface area contributed by atoms with Crippen LogP contribution in [0.15, 0.2) is 24.3 Å². The number of benzene rings is 1. The summed E-state index contributed by atoms with van der Waals surface area (Å²) in [7, 11) is 0. The van der Waals surface area contributed by atoms with Gasteiger partial charge in [0.1, 0.15) is 6.10 Å². The number of hydrogen-bond donors (Lipinski definition) is 1. The highest BCUT2D eigenvalue weighted by molar-refractivity contribution is 5.76. The van der Waals surface area contributed by atoms with Crippen LogP contribution < -0.4 is 5.73 Å². The first-order valence-electron chi connectivity index (χ1n) is 5.01. The Kier molecular flexibility index (Phi) is 2.82. The second-order valence-electron chi connectivity index (χ2n) is 3.89. The molecule has 2 rings (SSSR count). The quantitative estimate of drug-likeness (QED) is 0.766. The Morgan fingerprint density at radius 2 is 2.00 bits per heavy atom. The number of esters is 1. The van der Waals surface area contributed by atoms with Crippen LogP contribution in [-0.4, -0.2) is 18.2 Å². The smallest absolute Gasteiger partial charge is 0.449 e. The fourth-order valence-corrected chi connectivity index (χ4v) is 1.92. The molecule has 0 saturated carbocycles. The summed E-state index contributed by atoms with van der Waals surface area (Å²) >= 11 is 0. The lowest BCUT2D eigenvalue weighted by Gasteiger charge is -2.18. The topological polar surface area (TPSA) is 52.3 Å². The van der Waals surface area contributed by atoms with Crippen LogP contribution in [0.3, 0.4) is 0 Å². The third-order valence-electron chi connectivity index (χ3n) is 2.67. The van der Waals surface area contributed by atoms with E-state index < -0.39 is 24.3 Å². The van der Waals surface area contributed by atoms with Gasteiger partial charge in [-0.1, -0.05) is 24.3 Å². The average Bonchev–Trinajstić information content (AvgIpc) is 2.54. The van der Waals surface area contributed by atoms with Crippen LogP contribution in [0.2, 0.25) is 0 Å². The normalized spacial score (nSPS) is 23.3. The zero-order valence-corrected chi connectivity index (χ0v) is 8.70. The summed E-state index contributed by atoms with van der Waals surface area (Å²) < 4.78 is 40.7. The minimum Gasteiger partial charge on any atom is -0.449 e. The van der Waals surface area contributed by atoms with Crippen molar-refractivity contribution in [3.05, 3.63) is 35.4 Å². The number of ether oxygens (including phenoxy) is 1. The molecule has 1 aliphatic rings. The maximum atomic E-state index is 12.1. The molecular formula is C11H10F3NO2. The van der Waals surface area contributed by atoms with Crippen molar-refractivity contribution in [2.24, 2.45) is 5.73 Å². The molecule has 1 aromatic carbocycles. The molecule has 17 heavy (non-hydrogen) atoms. The summed E-state index contributed by atoms with van der Waals surface area (Å²) in [6, 6.07) is 6.19. The first kappa shape index (κ1) is 11.9. The van der Waals surface area contributed by atoms with Gasteiger partial charge in [0, 0.05) is 0 Å². The molecule has 1 aromatic rings.